The van der Waals surface area contributed by atoms with Crippen molar-refractivity contribution in [1.82, 2.24) is 15.0 Å². The van der Waals surface area contributed by atoms with Crippen LogP contribution < -0.4 is 15.2 Å². The second kappa shape index (κ2) is 4.65. The quantitative estimate of drug-likeness (QED) is 0.864. The zero-order valence-electron chi connectivity index (χ0n) is 9.54. The molecule has 0 aliphatic heterocycles. The Balaban J connectivity index is 2.30. The molecule has 0 saturated heterocycles. The summed E-state index contributed by atoms with van der Waals surface area (Å²) in [6.45, 7) is 1.84. The number of ether oxygens (including phenoxy) is 2. The number of nitrogens with zero attached hydrogens (tertiary/aromatic N) is 3. The third kappa shape index (κ3) is 2.60. The average Bonchev–Trinajstić information content (AvgIpc) is 2.31. The van der Waals surface area contributed by atoms with E-state index in [0.29, 0.717) is 17.5 Å². The van der Waals surface area contributed by atoms with Gasteiger partial charge in [-0.3, -0.25) is 4.98 Å². The predicted octanol–water partition coefficient (Wildman–Crippen LogP) is 1.56. The van der Waals surface area contributed by atoms with Gasteiger partial charge in [-0.2, -0.15) is 9.97 Å². The Hall–Kier alpha value is -2.37. The van der Waals surface area contributed by atoms with Gasteiger partial charge in [0.15, 0.2) is 5.75 Å². The van der Waals surface area contributed by atoms with Crippen LogP contribution in [0.5, 0.6) is 17.5 Å². The fourth-order valence-electron chi connectivity index (χ4n) is 1.27. The number of hydrogen-bond acceptors (Lipinski definition) is 6. The van der Waals surface area contributed by atoms with Crippen molar-refractivity contribution < 1.29 is 9.47 Å². The molecule has 0 radical (unpaired) electrons. The van der Waals surface area contributed by atoms with Crippen molar-refractivity contribution in [2.24, 2.45) is 0 Å². The lowest BCUT2D eigenvalue weighted by Crippen LogP contribution is -2.00. The van der Waals surface area contributed by atoms with Crippen molar-refractivity contribution in [3.63, 3.8) is 0 Å². The van der Waals surface area contributed by atoms with E-state index in [9.17, 15) is 0 Å². The topological polar surface area (TPSA) is 83.2 Å². The second-order valence-corrected chi connectivity index (χ2v) is 3.30. The lowest BCUT2D eigenvalue weighted by molar-refractivity contribution is 0.388. The van der Waals surface area contributed by atoms with Gasteiger partial charge in [-0.25, -0.2) is 0 Å². The van der Waals surface area contributed by atoms with Crippen LogP contribution in [0.15, 0.2) is 24.4 Å². The Morgan fingerprint density at radius 2 is 2.00 bits per heavy atom. The van der Waals surface area contributed by atoms with E-state index in [4.69, 9.17) is 15.2 Å². The van der Waals surface area contributed by atoms with Crippen LogP contribution in [0, 0.1) is 6.92 Å². The molecular weight excluding hydrogens is 220 g/mol. The van der Waals surface area contributed by atoms with Gasteiger partial charge in [0.2, 0.25) is 17.7 Å². The standard InChI is InChI=1S/C11H12N4O2/c1-7-8(4-3-5-13-7)17-10-6-9(16-2)14-11(12)15-10/h3-6H,1-2H3,(H2,12,14,15). The van der Waals surface area contributed by atoms with E-state index in [1.807, 2.05) is 6.92 Å². The summed E-state index contributed by atoms with van der Waals surface area (Å²) in [7, 11) is 1.50. The SMILES string of the molecule is COc1cc(Oc2cccnc2C)nc(N)n1. The number of aromatic nitrogens is 3. The molecule has 0 amide bonds. The van der Waals surface area contributed by atoms with Crippen LogP contribution in [0.3, 0.4) is 0 Å². The van der Waals surface area contributed by atoms with Gasteiger partial charge in [0, 0.05) is 6.20 Å². The van der Waals surface area contributed by atoms with Crippen molar-refractivity contribution >= 4 is 5.95 Å². The normalized spacial score (nSPS) is 10.0. The molecule has 17 heavy (non-hydrogen) atoms. The minimum atomic E-state index is 0.0980. The van der Waals surface area contributed by atoms with E-state index in [-0.39, 0.29) is 5.95 Å². The number of anilines is 1. The smallest absolute Gasteiger partial charge is 0.228 e. The van der Waals surface area contributed by atoms with E-state index in [0.717, 1.165) is 5.69 Å². The van der Waals surface area contributed by atoms with E-state index in [1.165, 1.54) is 7.11 Å². The lowest BCUT2D eigenvalue weighted by atomic mass is 10.3. The molecule has 0 aliphatic rings. The maximum absolute atomic E-state index is 5.56. The molecule has 2 aromatic rings. The number of nitrogens with two attached hydrogens (primary N) is 1. The zero-order chi connectivity index (χ0) is 12.3. The molecular formula is C11H12N4O2. The lowest BCUT2D eigenvalue weighted by Gasteiger charge is -2.08. The molecule has 6 nitrogen and oxygen atoms in total. The molecule has 0 aliphatic carbocycles. The number of aryl methyl sites for hydroxylation is 1. The first kappa shape index (κ1) is 11.1. The first-order valence-corrected chi connectivity index (χ1v) is 4.97. The van der Waals surface area contributed by atoms with E-state index >= 15 is 0 Å². The van der Waals surface area contributed by atoms with Crippen LogP contribution >= 0.6 is 0 Å². The molecule has 88 valence electrons. The molecule has 0 fully saturated rings. The van der Waals surface area contributed by atoms with Crippen LogP contribution in [-0.4, -0.2) is 22.1 Å². The number of methoxy groups -OCH3 is 1. The fraction of sp³-hybridized carbons (Fsp3) is 0.182. The van der Waals surface area contributed by atoms with Gasteiger partial charge in [-0.15, -0.1) is 0 Å². The summed E-state index contributed by atoms with van der Waals surface area (Å²) < 4.78 is 10.5. The molecule has 0 spiro atoms. The minimum absolute atomic E-state index is 0.0980. The van der Waals surface area contributed by atoms with Gasteiger partial charge < -0.3 is 15.2 Å². The van der Waals surface area contributed by atoms with Crippen LogP contribution in [0.4, 0.5) is 5.95 Å². The highest BCUT2D eigenvalue weighted by Crippen LogP contribution is 2.24. The van der Waals surface area contributed by atoms with E-state index < -0.39 is 0 Å². The minimum Gasteiger partial charge on any atom is -0.481 e. The summed E-state index contributed by atoms with van der Waals surface area (Å²) in [5, 5.41) is 0. The number of hydrogen-bond donors (Lipinski definition) is 1. The van der Waals surface area contributed by atoms with Crippen molar-refractivity contribution in [3.8, 4) is 17.5 Å². The summed E-state index contributed by atoms with van der Waals surface area (Å²) in [5.74, 6) is 1.40. The Morgan fingerprint density at radius 1 is 1.24 bits per heavy atom. The predicted molar refractivity (Wildman–Crippen MR) is 62.0 cm³/mol. The van der Waals surface area contributed by atoms with E-state index in [1.54, 1.807) is 24.4 Å². The first-order chi connectivity index (χ1) is 8.19. The Bertz CT molecular complexity index is 531. The molecule has 0 unspecified atom stereocenters. The molecule has 2 rings (SSSR count). The van der Waals surface area contributed by atoms with Gasteiger partial charge in [-0.05, 0) is 19.1 Å². The summed E-state index contributed by atoms with van der Waals surface area (Å²) >= 11 is 0. The molecule has 0 atom stereocenters. The summed E-state index contributed by atoms with van der Waals surface area (Å²) in [4.78, 5) is 11.9. The Labute approximate surface area is 98.4 Å². The van der Waals surface area contributed by atoms with Crippen molar-refractivity contribution in [2.75, 3.05) is 12.8 Å². The number of rotatable bonds is 3. The number of pyridine rings is 1. The summed E-state index contributed by atoms with van der Waals surface area (Å²) in [6.07, 6.45) is 1.69. The Kier molecular flexibility index (Phi) is 3.04. The molecule has 2 aromatic heterocycles. The summed E-state index contributed by atoms with van der Waals surface area (Å²) in [5.41, 5.74) is 6.30. The highest BCUT2D eigenvalue weighted by molar-refractivity contribution is 5.34. The van der Waals surface area contributed by atoms with Crippen molar-refractivity contribution in [2.45, 2.75) is 6.92 Å². The second-order valence-electron chi connectivity index (χ2n) is 3.30. The zero-order valence-corrected chi connectivity index (χ0v) is 9.54. The molecule has 0 aromatic carbocycles. The molecule has 2 heterocycles. The largest absolute Gasteiger partial charge is 0.481 e. The number of nitrogen functional groups attached to an aromatic ring is 1. The van der Waals surface area contributed by atoms with Gasteiger partial charge in [0.05, 0.1) is 18.9 Å². The van der Waals surface area contributed by atoms with Crippen LogP contribution in [0.25, 0.3) is 0 Å². The van der Waals surface area contributed by atoms with Gasteiger partial charge in [0.1, 0.15) is 0 Å². The Morgan fingerprint density at radius 3 is 2.71 bits per heavy atom. The van der Waals surface area contributed by atoms with Crippen LogP contribution in [0.2, 0.25) is 0 Å². The van der Waals surface area contributed by atoms with Gasteiger partial charge in [-0.1, -0.05) is 0 Å². The van der Waals surface area contributed by atoms with Crippen molar-refractivity contribution in [3.05, 3.63) is 30.1 Å². The molecule has 2 N–H and O–H groups in total. The molecule has 0 saturated carbocycles. The third-order valence-corrected chi connectivity index (χ3v) is 2.08. The average molecular weight is 232 g/mol. The third-order valence-electron chi connectivity index (χ3n) is 2.08. The van der Waals surface area contributed by atoms with Crippen LogP contribution in [0.1, 0.15) is 5.69 Å². The molecule has 6 heteroatoms. The van der Waals surface area contributed by atoms with E-state index in [2.05, 4.69) is 15.0 Å². The van der Waals surface area contributed by atoms with Crippen LogP contribution in [-0.2, 0) is 0 Å². The highest BCUT2D eigenvalue weighted by Gasteiger charge is 2.06. The highest BCUT2D eigenvalue weighted by atomic mass is 16.5. The van der Waals surface area contributed by atoms with Gasteiger partial charge >= 0.3 is 0 Å². The van der Waals surface area contributed by atoms with Crippen molar-refractivity contribution in [1.29, 1.82) is 0 Å². The molecule has 0 bridgehead atoms. The maximum atomic E-state index is 5.56. The fourth-order valence-corrected chi connectivity index (χ4v) is 1.27. The van der Waals surface area contributed by atoms with Gasteiger partial charge in [0.25, 0.3) is 0 Å². The summed E-state index contributed by atoms with van der Waals surface area (Å²) in [6, 6.07) is 5.14. The first-order valence-electron chi connectivity index (χ1n) is 4.97. The maximum Gasteiger partial charge on any atom is 0.228 e. The monoisotopic (exact) mass is 232 g/mol.